The van der Waals surface area contributed by atoms with Gasteiger partial charge >= 0.3 is 0 Å². The van der Waals surface area contributed by atoms with E-state index in [2.05, 4.69) is 15.9 Å². The summed E-state index contributed by atoms with van der Waals surface area (Å²) >= 11 is 3.14. The van der Waals surface area contributed by atoms with Crippen LogP contribution in [0.25, 0.3) is 0 Å². The molecule has 0 radical (unpaired) electrons. The summed E-state index contributed by atoms with van der Waals surface area (Å²) in [5, 5.41) is 0. The molecule has 0 aliphatic heterocycles. The maximum absolute atomic E-state index is 13.0. The average Bonchev–Trinajstić information content (AvgIpc) is 2.26. The summed E-state index contributed by atoms with van der Waals surface area (Å²) in [5.41, 5.74) is 5.45. The van der Waals surface area contributed by atoms with E-state index >= 15 is 0 Å². The molecule has 4 nitrogen and oxygen atoms in total. The fraction of sp³-hybridized carbons (Fsp3) is 0.385. The van der Waals surface area contributed by atoms with E-state index in [1.54, 1.807) is 0 Å². The molecule has 0 fully saturated rings. The molecule has 0 unspecified atom stereocenters. The lowest BCUT2D eigenvalue weighted by Crippen LogP contribution is -2.40. The molecule has 0 atom stereocenters. The minimum absolute atomic E-state index is 0.152. The number of halogens is 2. The Balaban J connectivity index is 3.00. The van der Waals surface area contributed by atoms with Gasteiger partial charge in [0.1, 0.15) is 5.82 Å². The second kappa shape index (κ2) is 6.65. The molecule has 1 aromatic carbocycles. The Morgan fingerprint density at radius 3 is 2.53 bits per heavy atom. The number of carbonyl (C=O) groups excluding carboxylic acids is 2. The smallest absolute Gasteiger partial charge is 0.255 e. The number of nitrogens with two attached hydrogens (primary N) is 1. The van der Waals surface area contributed by atoms with Crippen LogP contribution in [-0.4, -0.2) is 29.8 Å². The minimum Gasteiger partial charge on any atom is -0.368 e. The van der Waals surface area contributed by atoms with Gasteiger partial charge in [0, 0.05) is 11.0 Å². The Morgan fingerprint density at radius 1 is 1.42 bits per heavy atom. The van der Waals surface area contributed by atoms with Gasteiger partial charge in [0.25, 0.3) is 5.91 Å². The fourth-order valence-corrected chi connectivity index (χ4v) is 2.20. The second-order valence-electron chi connectivity index (χ2n) is 4.67. The van der Waals surface area contributed by atoms with Crippen LogP contribution in [0.15, 0.2) is 22.7 Å². The first kappa shape index (κ1) is 15.6. The lowest BCUT2D eigenvalue weighted by molar-refractivity contribution is -0.118. The Morgan fingerprint density at radius 2 is 2.05 bits per heavy atom. The van der Waals surface area contributed by atoms with Crippen molar-refractivity contribution in [2.45, 2.75) is 13.8 Å². The van der Waals surface area contributed by atoms with Gasteiger partial charge < -0.3 is 10.6 Å². The van der Waals surface area contributed by atoms with Gasteiger partial charge in [0.15, 0.2) is 0 Å². The van der Waals surface area contributed by atoms with Crippen LogP contribution in [0.3, 0.4) is 0 Å². The lowest BCUT2D eigenvalue weighted by Gasteiger charge is -2.23. The van der Waals surface area contributed by atoms with E-state index in [1.165, 1.54) is 23.1 Å². The third kappa shape index (κ3) is 4.63. The van der Waals surface area contributed by atoms with Gasteiger partial charge in [-0.25, -0.2) is 4.39 Å². The maximum atomic E-state index is 13.0. The zero-order chi connectivity index (χ0) is 14.6. The second-order valence-corrected chi connectivity index (χ2v) is 5.52. The van der Waals surface area contributed by atoms with E-state index in [0.29, 0.717) is 16.6 Å². The van der Waals surface area contributed by atoms with Crippen LogP contribution in [0.1, 0.15) is 24.2 Å². The number of primary amides is 1. The summed E-state index contributed by atoms with van der Waals surface area (Å²) in [5.74, 6) is -1.16. The Kier molecular flexibility index (Phi) is 5.47. The van der Waals surface area contributed by atoms with Gasteiger partial charge in [-0.3, -0.25) is 9.59 Å². The summed E-state index contributed by atoms with van der Waals surface area (Å²) in [4.78, 5) is 24.7. The first-order valence-corrected chi connectivity index (χ1v) is 6.63. The molecular weight excluding hydrogens is 315 g/mol. The van der Waals surface area contributed by atoms with Gasteiger partial charge in [-0.15, -0.1) is 0 Å². The fourth-order valence-electron chi connectivity index (χ4n) is 1.68. The predicted molar refractivity (Wildman–Crippen MR) is 74.0 cm³/mol. The molecule has 0 aliphatic carbocycles. The first-order valence-electron chi connectivity index (χ1n) is 5.84. The van der Waals surface area contributed by atoms with Gasteiger partial charge in [-0.05, 0) is 40.0 Å². The Labute approximate surface area is 119 Å². The molecule has 19 heavy (non-hydrogen) atoms. The quantitative estimate of drug-likeness (QED) is 0.899. The van der Waals surface area contributed by atoms with Crippen LogP contribution < -0.4 is 5.73 Å². The minimum atomic E-state index is -0.577. The van der Waals surface area contributed by atoms with Crippen molar-refractivity contribution in [1.82, 2.24) is 4.90 Å². The molecule has 1 aromatic rings. The molecule has 6 heteroatoms. The van der Waals surface area contributed by atoms with Crippen LogP contribution in [0.4, 0.5) is 4.39 Å². The van der Waals surface area contributed by atoms with Crippen LogP contribution in [0.5, 0.6) is 0 Å². The average molecular weight is 331 g/mol. The van der Waals surface area contributed by atoms with Gasteiger partial charge in [0.2, 0.25) is 5.91 Å². The van der Waals surface area contributed by atoms with Crippen LogP contribution in [0.2, 0.25) is 0 Å². The summed E-state index contributed by atoms with van der Waals surface area (Å²) in [6.45, 7) is 4.12. The van der Waals surface area contributed by atoms with E-state index in [0.717, 1.165) is 0 Å². The van der Waals surface area contributed by atoms with Crippen molar-refractivity contribution < 1.29 is 14.0 Å². The number of hydrogen-bond acceptors (Lipinski definition) is 2. The number of nitrogens with zero attached hydrogens (tertiary/aromatic N) is 1. The van der Waals surface area contributed by atoms with E-state index in [-0.39, 0.29) is 18.4 Å². The summed E-state index contributed by atoms with van der Waals surface area (Å²) in [6, 6.07) is 3.80. The van der Waals surface area contributed by atoms with Crippen molar-refractivity contribution in [3.8, 4) is 0 Å². The monoisotopic (exact) mass is 330 g/mol. The largest absolute Gasteiger partial charge is 0.368 e. The van der Waals surface area contributed by atoms with Crippen molar-refractivity contribution in [2.75, 3.05) is 13.1 Å². The highest BCUT2D eigenvalue weighted by Gasteiger charge is 2.20. The highest BCUT2D eigenvalue weighted by Crippen LogP contribution is 2.20. The number of rotatable bonds is 5. The third-order valence-electron chi connectivity index (χ3n) is 2.38. The zero-order valence-electron chi connectivity index (χ0n) is 10.8. The summed E-state index contributed by atoms with van der Waals surface area (Å²) in [6.07, 6.45) is 0. The van der Waals surface area contributed by atoms with Crippen LogP contribution >= 0.6 is 15.9 Å². The molecule has 1 rings (SSSR count). The first-order chi connectivity index (χ1) is 8.81. The third-order valence-corrected chi connectivity index (χ3v) is 3.04. The molecule has 0 heterocycles. The molecule has 0 saturated carbocycles. The number of benzene rings is 1. The molecule has 0 saturated heterocycles. The number of carbonyl (C=O) groups is 2. The number of amides is 2. The zero-order valence-corrected chi connectivity index (χ0v) is 12.4. The summed E-state index contributed by atoms with van der Waals surface area (Å²) < 4.78 is 13.4. The van der Waals surface area contributed by atoms with Gasteiger partial charge in [0.05, 0.1) is 12.1 Å². The number of hydrogen-bond donors (Lipinski definition) is 1. The summed E-state index contributed by atoms with van der Waals surface area (Å²) in [7, 11) is 0. The normalized spacial score (nSPS) is 10.6. The van der Waals surface area contributed by atoms with E-state index in [1.807, 2.05) is 13.8 Å². The SMILES string of the molecule is CC(C)CN(CC(N)=O)C(=O)c1ccc(F)cc1Br. The predicted octanol–water partition coefficient (Wildman–Crippen LogP) is 2.17. The lowest BCUT2D eigenvalue weighted by atomic mass is 10.1. The van der Waals surface area contributed by atoms with Gasteiger partial charge in [-0.1, -0.05) is 13.8 Å². The van der Waals surface area contributed by atoms with Crippen molar-refractivity contribution in [3.05, 3.63) is 34.1 Å². The van der Waals surface area contributed by atoms with E-state index in [9.17, 15) is 14.0 Å². The standard InChI is InChI=1S/C13H16BrFN2O2/c1-8(2)6-17(7-12(16)18)13(19)10-4-3-9(15)5-11(10)14/h3-5,8H,6-7H2,1-2H3,(H2,16,18). The van der Waals surface area contributed by atoms with Crippen molar-refractivity contribution in [1.29, 1.82) is 0 Å². The van der Waals surface area contributed by atoms with Crippen LogP contribution in [0, 0.1) is 11.7 Å². The Bertz CT molecular complexity index is 492. The van der Waals surface area contributed by atoms with Crippen molar-refractivity contribution in [3.63, 3.8) is 0 Å². The highest BCUT2D eigenvalue weighted by atomic mass is 79.9. The molecule has 0 aliphatic rings. The molecule has 0 aromatic heterocycles. The van der Waals surface area contributed by atoms with Crippen molar-refractivity contribution >= 4 is 27.7 Å². The molecule has 104 valence electrons. The maximum Gasteiger partial charge on any atom is 0.255 e. The highest BCUT2D eigenvalue weighted by molar-refractivity contribution is 9.10. The van der Waals surface area contributed by atoms with Gasteiger partial charge in [-0.2, -0.15) is 0 Å². The molecule has 0 bridgehead atoms. The van der Waals surface area contributed by atoms with Crippen molar-refractivity contribution in [2.24, 2.45) is 11.7 Å². The molecule has 2 N–H and O–H groups in total. The Hall–Kier alpha value is -1.43. The van der Waals surface area contributed by atoms with E-state index in [4.69, 9.17) is 5.73 Å². The molecule has 2 amide bonds. The topological polar surface area (TPSA) is 63.4 Å². The molecular formula is C13H16BrFN2O2. The van der Waals surface area contributed by atoms with Crippen LogP contribution in [-0.2, 0) is 4.79 Å². The molecule has 0 spiro atoms. The van der Waals surface area contributed by atoms with E-state index < -0.39 is 11.7 Å².